The Morgan fingerprint density at radius 3 is 2.81 bits per heavy atom. The van der Waals surface area contributed by atoms with Crippen molar-refractivity contribution in [1.82, 2.24) is 19.7 Å². The number of furan rings is 1. The summed E-state index contributed by atoms with van der Waals surface area (Å²) in [7, 11) is 0. The van der Waals surface area contributed by atoms with Crippen LogP contribution >= 0.6 is 15.9 Å². The van der Waals surface area contributed by atoms with Crippen molar-refractivity contribution in [2.24, 2.45) is 0 Å². The van der Waals surface area contributed by atoms with Crippen molar-refractivity contribution in [3.05, 3.63) is 55.7 Å². The average molecular weight is 417 g/mol. The van der Waals surface area contributed by atoms with E-state index in [0.29, 0.717) is 39.4 Å². The van der Waals surface area contributed by atoms with Crippen LogP contribution in [0.4, 0.5) is 0 Å². The standard InChI is InChI=1S/C17H13BrN4O4/c1-2-7-22-11-4-3-9(8-10(11)19-15(23)17(22)24)14-20-16(26-21-14)12-5-6-13(18)25-12/h3-6,8H,2,7H2,1H3,(H,19,23). The lowest BCUT2D eigenvalue weighted by molar-refractivity contribution is 0.414. The van der Waals surface area contributed by atoms with Crippen LogP contribution in [-0.4, -0.2) is 19.7 Å². The van der Waals surface area contributed by atoms with Crippen LogP contribution in [0.3, 0.4) is 0 Å². The van der Waals surface area contributed by atoms with Crippen LogP contribution in [0.15, 0.2) is 53.5 Å². The quantitative estimate of drug-likeness (QED) is 0.511. The Bertz CT molecular complexity index is 1220. The maximum absolute atomic E-state index is 12.1. The van der Waals surface area contributed by atoms with Crippen LogP contribution in [0.5, 0.6) is 0 Å². The first-order valence-corrected chi connectivity index (χ1v) is 8.73. The lowest BCUT2D eigenvalue weighted by Gasteiger charge is -2.08. The van der Waals surface area contributed by atoms with E-state index in [0.717, 1.165) is 6.42 Å². The zero-order valence-corrected chi connectivity index (χ0v) is 15.2. The molecule has 0 amide bonds. The molecule has 9 heteroatoms. The third-order valence-corrected chi connectivity index (χ3v) is 4.32. The van der Waals surface area contributed by atoms with Crippen LogP contribution in [0.25, 0.3) is 34.1 Å². The molecule has 8 nitrogen and oxygen atoms in total. The highest BCUT2D eigenvalue weighted by Crippen LogP contribution is 2.26. The molecule has 4 rings (SSSR count). The number of aromatic amines is 1. The summed E-state index contributed by atoms with van der Waals surface area (Å²) in [4.78, 5) is 30.9. The molecule has 3 heterocycles. The first kappa shape index (κ1) is 16.5. The second-order valence-electron chi connectivity index (χ2n) is 5.67. The van der Waals surface area contributed by atoms with E-state index >= 15 is 0 Å². The normalized spacial score (nSPS) is 11.3. The lowest BCUT2D eigenvalue weighted by atomic mass is 10.1. The van der Waals surface area contributed by atoms with Gasteiger partial charge in [-0.25, -0.2) is 0 Å². The molecule has 0 aliphatic carbocycles. The molecule has 4 aromatic rings. The highest BCUT2D eigenvalue weighted by atomic mass is 79.9. The van der Waals surface area contributed by atoms with Crippen LogP contribution in [0.2, 0.25) is 0 Å². The molecule has 1 aromatic carbocycles. The van der Waals surface area contributed by atoms with Gasteiger partial charge in [-0.15, -0.1) is 0 Å². The van der Waals surface area contributed by atoms with Gasteiger partial charge in [0.1, 0.15) is 0 Å². The van der Waals surface area contributed by atoms with Crippen molar-refractivity contribution in [2.45, 2.75) is 19.9 Å². The maximum Gasteiger partial charge on any atom is 0.316 e. The SMILES string of the molecule is CCCn1c(=O)c(=O)[nH]c2cc(-c3noc(-c4ccc(Br)o4)n3)ccc21. The van der Waals surface area contributed by atoms with Gasteiger partial charge in [0.25, 0.3) is 5.89 Å². The van der Waals surface area contributed by atoms with Crippen molar-refractivity contribution in [3.63, 3.8) is 0 Å². The number of aromatic nitrogens is 4. The monoisotopic (exact) mass is 416 g/mol. The number of aryl methyl sites for hydroxylation is 1. The van der Waals surface area contributed by atoms with Crippen molar-refractivity contribution in [2.75, 3.05) is 0 Å². The Labute approximate surface area is 154 Å². The minimum atomic E-state index is -0.655. The first-order chi connectivity index (χ1) is 12.6. The fourth-order valence-electron chi connectivity index (χ4n) is 2.73. The predicted molar refractivity (Wildman–Crippen MR) is 97.8 cm³/mol. The Morgan fingerprint density at radius 1 is 1.23 bits per heavy atom. The molecule has 0 bridgehead atoms. The van der Waals surface area contributed by atoms with E-state index in [9.17, 15) is 9.59 Å². The molecule has 0 radical (unpaired) electrons. The van der Waals surface area contributed by atoms with Crippen LogP contribution in [-0.2, 0) is 6.54 Å². The van der Waals surface area contributed by atoms with Crippen molar-refractivity contribution in [3.8, 4) is 23.0 Å². The van der Waals surface area contributed by atoms with Crippen molar-refractivity contribution >= 4 is 27.0 Å². The van der Waals surface area contributed by atoms with Gasteiger partial charge in [0.2, 0.25) is 5.82 Å². The topological polar surface area (TPSA) is 107 Å². The summed E-state index contributed by atoms with van der Waals surface area (Å²) < 4.78 is 12.7. The number of benzene rings is 1. The van der Waals surface area contributed by atoms with E-state index in [1.165, 1.54) is 4.57 Å². The van der Waals surface area contributed by atoms with Gasteiger partial charge in [-0.05, 0) is 52.7 Å². The molecular weight excluding hydrogens is 404 g/mol. The molecule has 0 aliphatic heterocycles. The van der Waals surface area contributed by atoms with Gasteiger partial charge < -0.3 is 18.5 Å². The maximum atomic E-state index is 12.1. The van der Waals surface area contributed by atoms with E-state index in [2.05, 4.69) is 31.1 Å². The lowest BCUT2D eigenvalue weighted by Crippen LogP contribution is -2.36. The van der Waals surface area contributed by atoms with Crippen molar-refractivity contribution < 1.29 is 8.94 Å². The zero-order valence-electron chi connectivity index (χ0n) is 13.7. The first-order valence-electron chi connectivity index (χ1n) is 7.93. The van der Waals surface area contributed by atoms with E-state index in [1.54, 1.807) is 30.3 Å². The summed E-state index contributed by atoms with van der Waals surface area (Å²) in [5.41, 5.74) is 0.622. The Kier molecular flexibility index (Phi) is 4.08. The van der Waals surface area contributed by atoms with Gasteiger partial charge in [0.15, 0.2) is 10.4 Å². The zero-order chi connectivity index (χ0) is 18.3. The number of nitrogens with zero attached hydrogens (tertiary/aromatic N) is 3. The fraction of sp³-hybridized carbons (Fsp3) is 0.176. The molecule has 26 heavy (non-hydrogen) atoms. The smallest absolute Gasteiger partial charge is 0.316 e. The summed E-state index contributed by atoms with van der Waals surface area (Å²) in [5.74, 6) is 1.04. The molecular formula is C17H13BrN4O4. The van der Waals surface area contributed by atoms with Crippen LogP contribution in [0, 0.1) is 0 Å². The third kappa shape index (κ3) is 2.80. The number of halogens is 1. The number of rotatable bonds is 4. The molecule has 0 aliphatic rings. The Morgan fingerprint density at radius 2 is 2.08 bits per heavy atom. The van der Waals surface area contributed by atoms with E-state index in [1.807, 2.05) is 6.92 Å². The van der Waals surface area contributed by atoms with Gasteiger partial charge in [0, 0.05) is 12.1 Å². The van der Waals surface area contributed by atoms with E-state index in [-0.39, 0.29) is 5.89 Å². The summed E-state index contributed by atoms with van der Waals surface area (Å²) >= 11 is 3.22. The molecule has 1 N–H and O–H groups in total. The molecule has 0 saturated carbocycles. The molecule has 0 saturated heterocycles. The fourth-order valence-corrected chi connectivity index (χ4v) is 3.04. The minimum absolute atomic E-state index is 0.246. The molecule has 0 unspecified atom stereocenters. The molecule has 132 valence electrons. The number of hydrogen-bond donors (Lipinski definition) is 1. The van der Waals surface area contributed by atoms with Gasteiger partial charge in [-0.1, -0.05) is 12.1 Å². The second-order valence-corrected chi connectivity index (χ2v) is 6.45. The summed E-state index contributed by atoms with van der Waals surface area (Å²) in [5, 5.41) is 3.96. The van der Waals surface area contributed by atoms with Crippen LogP contribution in [0.1, 0.15) is 13.3 Å². The predicted octanol–water partition coefficient (Wildman–Crippen LogP) is 3.17. The largest absolute Gasteiger partial charge is 0.444 e. The third-order valence-electron chi connectivity index (χ3n) is 3.89. The Balaban J connectivity index is 1.81. The second kappa shape index (κ2) is 6.41. The highest BCUT2D eigenvalue weighted by molar-refractivity contribution is 9.10. The van der Waals surface area contributed by atoms with E-state index < -0.39 is 11.1 Å². The van der Waals surface area contributed by atoms with Gasteiger partial charge >= 0.3 is 11.1 Å². The summed E-state index contributed by atoms with van der Waals surface area (Å²) in [6, 6.07) is 8.70. The summed E-state index contributed by atoms with van der Waals surface area (Å²) in [6.07, 6.45) is 0.743. The number of H-pyrrole nitrogens is 1. The molecule has 3 aromatic heterocycles. The molecule has 0 atom stereocenters. The molecule has 0 fully saturated rings. The number of hydrogen-bond acceptors (Lipinski definition) is 6. The van der Waals surface area contributed by atoms with Gasteiger partial charge in [-0.2, -0.15) is 4.98 Å². The van der Waals surface area contributed by atoms with Gasteiger partial charge in [0.05, 0.1) is 11.0 Å². The van der Waals surface area contributed by atoms with E-state index in [4.69, 9.17) is 8.94 Å². The van der Waals surface area contributed by atoms with Gasteiger partial charge in [-0.3, -0.25) is 9.59 Å². The van der Waals surface area contributed by atoms with Crippen molar-refractivity contribution in [1.29, 1.82) is 0 Å². The molecule has 0 spiro atoms. The number of fused-ring (bicyclic) bond motifs is 1. The van der Waals surface area contributed by atoms with Crippen LogP contribution < -0.4 is 11.1 Å². The Hall–Kier alpha value is -2.94. The average Bonchev–Trinajstić information content (AvgIpc) is 3.27. The number of nitrogens with one attached hydrogen (secondary N) is 1. The summed E-state index contributed by atoms with van der Waals surface area (Å²) in [6.45, 7) is 2.42. The highest BCUT2D eigenvalue weighted by Gasteiger charge is 2.15. The minimum Gasteiger partial charge on any atom is -0.444 e.